The Bertz CT molecular complexity index is 2110. The third kappa shape index (κ3) is 6.86. The molecule has 3 aromatic carbocycles. The molecule has 2 N–H and O–H groups in total. The quantitative estimate of drug-likeness (QED) is 0.194. The first-order chi connectivity index (χ1) is 24.4. The van der Waals surface area contributed by atoms with Gasteiger partial charge in [-0.1, -0.05) is 45.0 Å². The molecular weight excluding hydrogens is 692 g/mol. The molecule has 276 valence electrons. The van der Waals surface area contributed by atoms with Gasteiger partial charge in [-0.15, -0.1) is 5.12 Å². The van der Waals surface area contributed by atoms with Gasteiger partial charge in [0.1, 0.15) is 6.33 Å². The van der Waals surface area contributed by atoms with Crippen LogP contribution >= 0.6 is 0 Å². The maximum Gasteiger partial charge on any atom is 0.416 e. The van der Waals surface area contributed by atoms with Gasteiger partial charge >= 0.3 is 6.18 Å². The van der Waals surface area contributed by atoms with E-state index in [1.165, 1.54) is 23.0 Å². The number of hydrazine groups is 2. The summed E-state index contributed by atoms with van der Waals surface area (Å²) in [4.78, 5) is 22.2. The van der Waals surface area contributed by atoms with E-state index in [-0.39, 0.29) is 41.8 Å². The van der Waals surface area contributed by atoms with Gasteiger partial charge in [-0.2, -0.15) is 17.5 Å². The number of carbonyl (C=O) groups excluding carboxylic acids is 1. The summed E-state index contributed by atoms with van der Waals surface area (Å²) < 4.78 is 70.3. The molecule has 0 saturated heterocycles. The number of carbonyl (C=O) groups is 1. The summed E-state index contributed by atoms with van der Waals surface area (Å²) in [6.07, 6.45) is 0.0652. The predicted octanol–water partition coefficient (Wildman–Crippen LogP) is 7.31. The van der Waals surface area contributed by atoms with E-state index in [2.05, 4.69) is 38.7 Å². The van der Waals surface area contributed by atoms with Crippen molar-refractivity contribution >= 4 is 33.0 Å². The molecule has 14 heteroatoms. The number of rotatable bonds is 8. The number of benzene rings is 3. The first-order valence-electron chi connectivity index (χ1n) is 17.2. The number of amides is 1. The fraction of sp³-hybridized carbons (Fsp3) is 0.395. The predicted molar refractivity (Wildman–Crippen MR) is 195 cm³/mol. The zero-order chi connectivity index (χ0) is 37.7. The summed E-state index contributed by atoms with van der Waals surface area (Å²) in [6, 6.07) is 12.8. The largest absolute Gasteiger partial charge is 0.416 e. The van der Waals surface area contributed by atoms with E-state index in [4.69, 9.17) is 0 Å². The van der Waals surface area contributed by atoms with Crippen molar-refractivity contribution in [3.05, 3.63) is 106 Å². The minimum atomic E-state index is -4.58. The maximum absolute atomic E-state index is 14.2. The lowest BCUT2D eigenvalue weighted by molar-refractivity contribution is -0.137. The Morgan fingerprint density at radius 2 is 1.77 bits per heavy atom. The van der Waals surface area contributed by atoms with Gasteiger partial charge in [-0.25, -0.2) is 18.4 Å². The van der Waals surface area contributed by atoms with Crippen molar-refractivity contribution in [1.29, 1.82) is 0 Å². The number of nitrogens with zero attached hydrogens (tertiary/aromatic N) is 5. The fourth-order valence-corrected chi connectivity index (χ4v) is 9.24. The van der Waals surface area contributed by atoms with Gasteiger partial charge in [0.15, 0.2) is 0 Å². The van der Waals surface area contributed by atoms with Crippen molar-refractivity contribution in [1.82, 2.24) is 19.4 Å². The van der Waals surface area contributed by atoms with Gasteiger partial charge in [-0.3, -0.25) is 15.2 Å². The number of aromatic nitrogens is 2. The fourth-order valence-electron chi connectivity index (χ4n) is 7.49. The number of aryl methyl sites for hydroxylation is 1. The molecule has 2 atom stereocenters. The standard InChI is InChI=1S/C38H44F3N7O3S/c1-8-48-32-13-12-31(25(4)35(32)45-46(48)7)34(37(5,6)36(49)44-30-18-42-22-43-19-30)26-10-9-24(3)28(16-26)21-47-20-23(2)15-27-17-29(38(39,40)41)11-14-33(27)52(47,50)51/h9-14,16-19,22-23,34,45H,8,15,20-21H2,1-7H3,(H,44,49)/t23-,34-/m0/s1. The number of halogens is 3. The van der Waals surface area contributed by atoms with Gasteiger partial charge in [0.2, 0.25) is 15.9 Å². The molecule has 0 bridgehead atoms. The van der Waals surface area contributed by atoms with Gasteiger partial charge < -0.3 is 5.32 Å². The highest BCUT2D eigenvalue weighted by molar-refractivity contribution is 7.89. The lowest BCUT2D eigenvalue weighted by Crippen LogP contribution is -2.37. The number of fused-ring (bicyclic) bond motifs is 2. The molecule has 1 aromatic heterocycles. The third-order valence-corrected chi connectivity index (χ3v) is 12.2. The molecule has 2 aliphatic heterocycles. The lowest BCUT2D eigenvalue weighted by Gasteiger charge is -2.36. The third-order valence-electron chi connectivity index (χ3n) is 10.3. The van der Waals surface area contributed by atoms with Gasteiger partial charge in [-0.05, 0) is 90.8 Å². The summed E-state index contributed by atoms with van der Waals surface area (Å²) in [5.41, 5.74) is 8.39. The number of sulfonamides is 1. The van der Waals surface area contributed by atoms with Gasteiger partial charge in [0.05, 0.1) is 45.3 Å². The van der Waals surface area contributed by atoms with Crippen molar-refractivity contribution in [2.45, 2.75) is 71.5 Å². The molecule has 0 fully saturated rings. The number of nitrogens with one attached hydrogen (secondary N) is 2. The average molecular weight is 736 g/mol. The molecule has 0 radical (unpaired) electrons. The molecule has 1 amide bonds. The molecule has 10 nitrogen and oxygen atoms in total. The minimum Gasteiger partial charge on any atom is -0.323 e. The molecular formula is C38H44F3N7O3S. The molecule has 2 aliphatic rings. The van der Waals surface area contributed by atoms with Crippen LogP contribution in [0.3, 0.4) is 0 Å². The van der Waals surface area contributed by atoms with Crippen LogP contribution < -0.4 is 15.8 Å². The molecule has 4 aromatic rings. The highest BCUT2D eigenvalue weighted by Crippen LogP contribution is 2.48. The second-order valence-electron chi connectivity index (χ2n) is 14.4. The Kier molecular flexibility index (Phi) is 9.87. The van der Waals surface area contributed by atoms with Crippen LogP contribution in [0.25, 0.3) is 0 Å². The Hall–Kier alpha value is -4.53. The Balaban J connectivity index is 1.43. The second kappa shape index (κ2) is 13.8. The van der Waals surface area contributed by atoms with E-state index >= 15 is 0 Å². The van der Waals surface area contributed by atoms with E-state index in [1.807, 2.05) is 71.0 Å². The van der Waals surface area contributed by atoms with Crippen LogP contribution in [0.4, 0.5) is 30.2 Å². The van der Waals surface area contributed by atoms with Crippen molar-refractivity contribution in [2.24, 2.45) is 11.3 Å². The molecule has 52 heavy (non-hydrogen) atoms. The zero-order valence-corrected chi connectivity index (χ0v) is 31.2. The Morgan fingerprint density at radius 3 is 2.44 bits per heavy atom. The van der Waals surface area contributed by atoms with Crippen LogP contribution in [0.5, 0.6) is 0 Å². The van der Waals surface area contributed by atoms with Crippen molar-refractivity contribution in [2.75, 3.05) is 35.9 Å². The smallest absolute Gasteiger partial charge is 0.323 e. The van der Waals surface area contributed by atoms with Crippen LogP contribution in [0, 0.1) is 25.2 Å². The molecule has 0 unspecified atom stereocenters. The molecule has 0 saturated carbocycles. The van der Waals surface area contributed by atoms with E-state index in [9.17, 15) is 26.4 Å². The first kappa shape index (κ1) is 37.2. The first-order valence-corrected chi connectivity index (χ1v) is 18.6. The number of hydrogen-bond acceptors (Lipinski definition) is 8. The van der Waals surface area contributed by atoms with Crippen LogP contribution in [0.15, 0.2) is 72.1 Å². The van der Waals surface area contributed by atoms with E-state index in [1.54, 1.807) is 0 Å². The summed E-state index contributed by atoms with van der Waals surface area (Å²) in [7, 11) is -2.20. The normalized spacial score (nSPS) is 18.3. The molecule has 3 heterocycles. The molecule has 6 rings (SSSR count). The summed E-state index contributed by atoms with van der Waals surface area (Å²) in [5.74, 6) is -0.984. The van der Waals surface area contributed by atoms with Crippen LogP contribution in [0.1, 0.15) is 72.6 Å². The Morgan fingerprint density at radius 1 is 1.06 bits per heavy atom. The maximum atomic E-state index is 14.2. The van der Waals surface area contributed by atoms with Gasteiger partial charge in [0, 0.05) is 32.6 Å². The van der Waals surface area contributed by atoms with E-state index < -0.39 is 33.1 Å². The SMILES string of the molecule is CCN1c2ccc([C@H](c3ccc(C)c(CN4C[C@@H](C)Cc5cc(C(F)(F)F)ccc5S4(=O)=O)c3)C(C)(C)C(=O)Nc3cncnc3)c(C)c2NN1C. The summed E-state index contributed by atoms with van der Waals surface area (Å²) >= 11 is 0. The van der Waals surface area contributed by atoms with Crippen LogP contribution in [-0.4, -0.2) is 53.9 Å². The average Bonchev–Trinajstić information content (AvgIpc) is 3.37. The summed E-state index contributed by atoms with van der Waals surface area (Å²) in [5, 5.41) is 7.02. The number of alkyl halides is 3. The van der Waals surface area contributed by atoms with Crippen molar-refractivity contribution < 1.29 is 26.4 Å². The van der Waals surface area contributed by atoms with Crippen molar-refractivity contribution in [3.8, 4) is 0 Å². The highest BCUT2D eigenvalue weighted by Gasteiger charge is 2.42. The topological polar surface area (TPSA) is 111 Å². The van der Waals surface area contributed by atoms with E-state index in [0.29, 0.717) is 5.69 Å². The van der Waals surface area contributed by atoms with Crippen molar-refractivity contribution in [3.63, 3.8) is 0 Å². The van der Waals surface area contributed by atoms with Crippen LogP contribution in [0.2, 0.25) is 0 Å². The minimum absolute atomic E-state index is 0.00842. The zero-order valence-electron chi connectivity index (χ0n) is 30.3. The van der Waals surface area contributed by atoms with E-state index in [0.717, 1.165) is 63.9 Å². The molecule has 0 spiro atoms. The van der Waals surface area contributed by atoms with Crippen LogP contribution in [-0.2, 0) is 34.0 Å². The number of hydrogen-bond donors (Lipinski definition) is 2. The summed E-state index contributed by atoms with van der Waals surface area (Å²) in [6.45, 7) is 12.5. The number of anilines is 3. The monoisotopic (exact) mass is 735 g/mol. The highest BCUT2D eigenvalue weighted by atomic mass is 32.2. The van der Waals surface area contributed by atoms with Gasteiger partial charge in [0.25, 0.3) is 0 Å². The molecule has 0 aliphatic carbocycles. The lowest BCUT2D eigenvalue weighted by atomic mass is 9.69. The Labute approximate surface area is 303 Å². The second-order valence-corrected chi connectivity index (χ2v) is 16.3.